The van der Waals surface area contributed by atoms with Crippen LogP contribution in [0, 0.1) is 6.92 Å². The van der Waals surface area contributed by atoms with Crippen molar-refractivity contribution in [1.82, 2.24) is 35.1 Å². The summed E-state index contributed by atoms with van der Waals surface area (Å²) in [5.74, 6) is -3.16. The van der Waals surface area contributed by atoms with E-state index in [9.17, 15) is 37.8 Å². The number of hydrogen-bond donors (Lipinski definition) is 4. The van der Waals surface area contributed by atoms with Crippen molar-refractivity contribution < 1.29 is 37.8 Å². The van der Waals surface area contributed by atoms with Crippen LogP contribution in [0.2, 0.25) is 0 Å². The minimum atomic E-state index is -4.09. The quantitative estimate of drug-likeness (QED) is 0.170. The second-order valence-corrected chi connectivity index (χ2v) is 13.1. The molecule has 3 atom stereocenters. The molecule has 1 fully saturated rings. The first-order valence-electron chi connectivity index (χ1n) is 12.3. The van der Waals surface area contributed by atoms with Gasteiger partial charge in [-0.25, -0.2) is 17.9 Å². The van der Waals surface area contributed by atoms with Crippen LogP contribution in [0.25, 0.3) is 0 Å². The van der Waals surface area contributed by atoms with Gasteiger partial charge in [0.15, 0.2) is 0 Å². The van der Waals surface area contributed by atoms with Gasteiger partial charge < -0.3 is 15.5 Å². The Hall–Kier alpha value is -3.48. The number of amides is 2. The fourth-order valence-electron chi connectivity index (χ4n) is 4.21. The Kier molecular flexibility index (Phi) is 9.35. The summed E-state index contributed by atoms with van der Waals surface area (Å²) in [6.07, 6.45) is -0.294. The van der Waals surface area contributed by atoms with Gasteiger partial charge in [-0.3, -0.25) is 19.3 Å². The molecule has 2 amide bonds. The second kappa shape index (κ2) is 12.6. The number of sulfonamides is 1. The van der Waals surface area contributed by atoms with Crippen molar-refractivity contribution in [3.8, 4) is 0 Å². The number of aliphatic carboxylic acids is 2. The summed E-state index contributed by atoms with van der Waals surface area (Å²) in [6, 6.07) is 3.53. The molecule has 0 radical (unpaired) electrons. The van der Waals surface area contributed by atoms with Gasteiger partial charge in [-0.1, -0.05) is 29.5 Å². The summed E-state index contributed by atoms with van der Waals surface area (Å²) >= 11 is 2.56. The maximum atomic E-state index is 12.9. The molecule has 220 valence electrons. The maximum Gasteiger partial charge on any atom is 0.352 e. The molecule has 0 aliphatic carbocycles. The summed E-state index contributed by atoms with van der Waals surface area (Å²) in [4.78, 5) is 50.2. The number of aromatic nitrogens is 4. The predicted molar refractivity (Wildman–Crippen MR) is 146 cm³/mol. The number of nitrogens with zero attached hydrogens (tertiary/aromatic N) is 5. The van der Waals surface area contributed by atoms with Crippen molar-refractivity contribution in [3.05, 3.63) is 41.1 Å². The Morgan fingerprint density at radius 2 is 1.93 bits per heavy atom. The Labute approximate surface area is 243 Å². The largest absolute Gasteiger partial charge is 0.480 e. The third-order valence-corrected chi connectivity index (χ3v) is 10.3. The minimum Gasteiger partial charge on any atom is -0.480 e. The summed E-state index contributed by atoms with van der Waals surface area (Å²) < 4.78 is 28.8. The molecule has 0 spiro atoms. The first kappa shape index (κ1) is 30.5. The Balaban J connectivity index is 1.31. The molecular formula is C23H27N7O8S3. The molecule has 1 aromatic heterocycles. The van der Waals surface area contributed by atoms with Crippen LogP contribution in [0.15, 0.2) is 45.6 Å². The number of carbonyl (C=O) groups excluding carboxylic acids is 2. The molecule has 0 saturated carbocycles. The van der Waals surface area contributed by atoms with Crippen LogP contribution in [-0.2, 0) is 36.2 Å². The zero-order chi connectivity index (χ0) is 29.9. The summed E-state index contributed by atoms with van der Waals surface area (Å²) in [5, 5.41) is 32.9. The number of fused-ring (bicyclic) bond motifs is 1. The van der Waals surface area contributed by atoms with Crippen LogP contribution in [0.5, 0.6) is 0 Å². The van der Waals surface area contributed by atoms with Gasteiger partial charge in [0.25, 0.3) is 5.91 Å². The number of carboxylic acid groups (broad SMARTS) is 2. The Morgan fingerprint density at radius 3 is 2.54 bits per heavy atom. The highest BCUT2D eigenvalue weighted by Gasteiger charge is 2.54. The zero-order valence-corrected chi connectivity index (χ0v) is 24.3. The Bertz CT molecular complexity index is 1490. The molecule has 0 bridgehead atoms. The number of carboxylic acids is 2. The molecule has 2 aliphatic heterocycles. The Morgan fingerprint density at radius 1 is 1.22 bits per heavy atom. The normalized spacial score (nSPS) is 19.4. The molecule has 18 heteroatoms. The lowest BCUT2D eigenvalue weighted by Gasteiger charge is -2.49. The lowest BCUT2D eigenvalue weighted by Crippen LogP contribution is -2.70. The number of carbonyl (C=O) groups is 4. The number of β-lactam (4-membered cyclic amide) rings is 1. The number of nitrogens with one attached hydrogen (secondary N) is 2. The first-order valence-corrected chi connectivity index (χ1v) is 15.8. The van der Waals surface area contributed by atoms with Crippen LogP contribution in [0.1, 0.15) is 24.8 Å². The summed E-state index contributed by atoms with van der Waals surface area (Å²) in [5.41, 5.74) is 1.24. The highest BCUT2D eigenvalue weighted by Crippen LogP contribution is 2.41. The van der Waals surface area contributed by atoms with Crippen molar-refractivity contribution in [2.75, 3.05) is 11.5 Å². The molecule has 2 aromatic rings. The van der Waals surface area contributed by atoms with Gasteiger partial charge in [0, 0.05) is 25.0 Å². The number of thioether (sulfide) groups is 2. The molecule has 1 aromatic carbocycles. The second-order valence-electron chi connectivity index (χ2n) is 9.30. The van der Waals surface area contributed by atoms with Crippen molar-refractivity contribution in [3.63, 3.8) is 0 Å². The first-order chi connectivity index (χ1) is 19.4. The standard InChI is InChI=1S/C23H27N7O8S3/c1-12-6-8-14(9-7-12)41(37,38)26-15(21(33)34)4-3-5-16(31)24-17-19(32)30-18(22(35)36)13(10-39-20(17)30)11-40-23-25-27-28-29(23)2/h6-9,15,17,20,26H,3-5,10-11H2,1-2H3,(H,24,31)(H,33,34)(H,35,36)/t15?,17?,20-/m0/s1. The van der Waals surface area contributed by atoms with Gasteiger partial charge in [-0.05, 0) is 47.9 Å². The molecule has 15 nitrogen and oxygen atoms in total. The third-order valence-electron chi connectivity index (χ3n) is 6.35. The van der Waals surface area contributed by atoms with Crippen LogP contribution >= 0.6 is 23.5 Å². The predicted octanol–water partition coefficient (Wildman–Crippen LogP) is -0.0488. The van der Waals surface area contributed by atoms with Gasteiger partial charge in [0.05, 0.1) is 4.90 Å². The number of aryl methyl sites for hydroxylation is 2. The van der Waals surface area contributed by atoms with Gasteiger partial charge in [0.1, 0.15) is 23.2 Å². The highest BCUT2D eigenvalue weighted by molar-refractivity contribution is 8.01. The zero-order valence-electron chi connectivity index (χ0n) is 21.9. The molecule has 4 N–H and O–H groups in total. The van der Waals surface area contributed by atoms with E-state index in [4.69, 9.17) is 0 Å². The van der Waals surface area contributed by atoms with Gasteiger partial charge in [0.2, 0.25) is 21.1 Å². The topological polar surface area (TPSA) is 214 Å². The van der Waals surface area contributed by atoms with Crippen molar-refractivity contribution in [2.45, 2.75) is 53.7 Å². The molecule has 2 aliphatic rings. The smallest absolute Gasteiger partial charge is 0.352 e. The van der Waals surface area contributed by atoms with E-state index in [2.05, 4.69) is 25.6 Å². The fraction of sp³-hybridized carbons (Fsp3) is 0.435. The van der Waals surface area contributed by atoms with E-state index < -0.39 is 51.2 Å². The molecule has 41 heavy (non-hydrogen) atoms. The van der Waals surface area contributed by atoms with E-state index in [1.165, 1.54) is 40.3 Å². The lowest BCUT2D eigenvalue weighted by atomic mass is 10.0. The van der Waals surface area contributed by atoms with Gasteiger partial charge >= 0.3 is 11.9 Å². The van der Waals surface area contributed by atoms with Crippen LogP contribution in [0.3, 0.4) is 0 Å². The van der Waals surface area contributed by atoms with Gasteiger partial charge in [-0.2, -0.15) is 4.72 Å². The molecule has 4 rings (SSSR count). The van der Waals surface area contributed by atoms with Crippen molar-refractivity contribution >= 4 is 57.3 Å². The lowest BCUT2D eigenvalue weighted by molar-refractivity contribution is -0.150. The van der Waals surface area contributed by atoms with Crippen LogP contribution < -0.4 is 10.0 Å². The average Bonchev–Trinajstić information content (AvgIpc) is 3.33. The summed E-state index contributed by atoms with van der Waals surface area (Å²) in [6.45, 7) is 1.79. The van der Waals surface area contributed by atoms with E-state index in [0.29, 0.717) is 16.5 Å². The number of hydrogen-bond acceptors (Lipinski definition) is 11. The number of rotatable bonds is 13. The van der Waals surface area contributed by atoms with E-state index in [-0.39, 0.29) is 35.6 Å². The van der Waals surface area contributed by atoms with E-state index in [1.54, 1.807) is 26.1 Å². The SMILES string of the molecule is Cc1ccc(S(=O)(=O)NC(CCCC(=O)NC2C(=O)N3C(C(=O)O)=C(CSc4nnnn4C)CS[C@@H]23)C(=O)O)cc1. The summed E-state index contributed by atoms with van der Waals surface area (Å²) in [7, 11) is -2.44. The van der Waals surface area contributed by atoms with Crippen molar-refractivity contribution in [2.24, 2.45) is 7.05 Å². The minimum absolute atomic E-state index is 0.0280. The number of tetrazole rings is 1. The molecule has 1 saturated heterocycles. The van der Waals surface area contributed by atoms with E-state index in [1.807, 2.05) is 0 Å². The van der Waals surface area contributed by atoms with E-state index >= 15 is 0 Å². The average molecular weight is 626 g/mol. The molecule has 2 unspecified atom stereocenters. The maximum absolute atomic E-state index is 12.9. The van der Waals surface area contributed by atoms with Crippen LogP contribution in [-0.4, -0.2) is 96.5 Å². The number of benzene rings is 1. The monoisotopic (exact) mass is 625 g/mol. The van der Waals surface area contributed by atoms with Gasteiger partial charge in [-0.15, -0.1) is 16.9 Å². The van der Waals surface area contributed by atoms with Crippen LogP contribution in [0.4, 0.5) is 0 Å². The molecule has 3 heterocycles. The fourth-order valence-corrected chi connectivity index (χ4v) is 7.77. The third kappa shape index (κ3) is 6.88. The van der Waals surface area contributed by atoms with E-state index in [0.717, 1.165) is 10.5 Å². The highest BCUT2D eigenvalue weighted by atomic mass is 32.2. The molecular weight excluding hydrogens is 598 g/mol. The van der Waals surface area contributed by atoms with Crippen molar-refractivity contribution in [1.29, 1.82) is 0 Å².